The van der Waals surface area contributed by atoms with E-state index in [1.54, 1.807) is 4.68 Å². The molecule has 3 heteroatoms. The van der Waals surface area contributed by atoms with Crippen LogP contribution in [-0.2, 0) is 0 Å². The highest BCUT2D eigenvalue weighted by Crippen LogP contribution is 2.12. The van der Waals surface area contributed by atoms with E-state index in [4.69, 9.17) is 4.74 Å². The minimum absolute atomic E-state index is 0.157. The summed E-state index contributed by atoms with van der Waals surface area (Å²) >= 11 is 0. The Kier molecular flexibility index (Phi) is 2.72. The maximum Gasteiger partial charge on any atom is 0.233 e. The minimum atomic E-state index is 0.157. The molecule has 0 aliphatic heterocycles. The number of para-hydroxylation sites is 1. The lowest BCUT2D eigenvalue weighted by molar-refractivity contribution is 0.231. The van der Waals surface area contributed by atoms with Crippen LogP contribution in [0, 0.1) is 0 Å². The van der Waals surface area contributed by atoms with Gasteiger partial charge in [0.1, 0.15) is 0 Å². The third-order valence-corrected chi connectivity index (χ3v) is 1.94. The van der Waals surface area contributed by atoms with Gasteiger partial charge >= 0.3 is 0 Å². The first-order valence-electron chi connectivity index (χ1n) is 5.03. The minimum Gasteiger partial charge on any atom is -0.474 e. The molecule has 0 amide bonds. The Morgan fingerprint density at radius 1 is 1.13 bits per heavy atom. The van der Waals surface area contributed by atoms with Crippen molar-refractivity contribution in [2.24, 2.45) is 0 Å². The van der Waals surface area contributed by atoms with Crippen LogP contribution < -0.4 is 4.74 Å². The average molecular weight is 202 g/mol. The van der Waals surface area contributed by atoms with Gasteiger partial charge in [0, 0.05) is 12.3 Å². The third kappa shape index (κ3) is 2.37. The summed E-state index contributed by atoms with van der Waals surface area (Å²) in [6.07, 6.45) is 2.05. The van der Waals surface area contributed by atoms with Crippen molar-refractivity contribution in [1.82, 2.24) is 9.78 Å². The lowest BCUT2D eigenvalue weighted by Crippen LogP contribution is -2.06. The smallest absolute Gasteiger partial charge is 0.233 e. The van der Waals surface area contributed by atoms with Gasteiger partial charge in [-0.05, 0) is 26.0 Å². The Labute approximate surface area is 89.3 Å². The normalized spacial score (nSPS) is 10.6. The Morgan fingerprint density at radius 2 is 1.87 bits per heavy atom. The fourth-order valence-corrected chi connectivity index (χ4v) is 1.34. The van der Waals surface area contributed by atoms with E-state index in [0.29, 0.717) is 5.88 Å². The molecule has 78 valence electrons. The number of rotatable bonds is 3. The van der Waals surface area contributed by atoms with Gasteiger partial charge in [0.15, 0.2) is 0 Å². The molecule has 0 radical (unpaired) electrons. The fraction of sp³-hybridized carbons (Fsp3) is 0.250. The summed E-state index contributed by atoms with van der Waals surface area (Å²) in [5.41, 5.74) is 1.04. The molecule has 0 spiro atoms. The van der Waals surface area contributed by atoms with Gasteiger partial charge in [0.25, 0.3) is 0 Å². The molecule has 1 aromatic carbocycles. The summed E-state index contributed by atoms with van der Waals surface area (Å²) in [6, 6.07) is 11.8. The van der Waals surface area contributed by atoms with Crippen LogP contribution in [0.2, 0.25) is 0 Å². The summed E-state index contributed by atoms with van der Waals surface area (Å²) in [7, 11) is 0. The van der Waals surface area contributed by atoms with E-state index in [2.05, 4.69) is 5.10 Å². The van der Waals surface area contributed by atoms with Crippen molar-refractivity contribution >= 4 is 0 Å². The van der Waals surface area contributed by atoms with Crippen LogP contribution in [0.3, 0.4) is 0 Å². The van der Waals surface area contributed by atoms with E-state index in [1.165, 1.54) is 0 Å². The molecule has 0 aliphatic rings. The van der Waals surface area contributed by atoms with E-state index < -0.39 is 0 Å². The molecule has 0 atom stereocenters. The van der Waals surface area contributed by atoms with Crippen molar-refractivity contribution in [2.75, 3.05) is 0 Å². The topological polar surface area (TPSA) is 27.1 Å². The SMILES string of the molecule is CC(C)Oc1ccn(-c2ccccc2)n1. The molecule has 0 unspecified atom stereocenters. The van der Waals surface area contributed by atoms with Gasteiger partial charge in [-0.15, -0.1) is 5.10 Å². The molecule has 0 fully saturated rings. The molecule has 15 heavy (non-hydrogen) atoms. The molecular weight excluding hydrogens is 188 g/mol. The lowest BCUT2D eigenvalue weighted by Gasteiger charge is -2.05. The first-order valence-corrected chi connectivity index (χ1v) is 5.03. The molecule has 0 N–H and O–H groups in total. The highest BCUT2D eigenvalue weighted by molar-refractivity contribution is 5.31. The number of aromatic nitrogens is 2. The molecule has 0 bridgehead atoms. The van der Waals surface area contributed by atoms with Crippen molar-refractivity contribution in [3.05, 3.63) is 42.6 Å². The summed E-state index contributed by atoms with van der Waals surface area (Å²) in [5.74, 6) is 0.661. The molecule has 0 saturated heterocycles. The zero-order valence-electron chi connectivity index (χ0n) is 8.92. The van der Waals surface area contributed by atoms with Crippen molar-refractivity contribution in [1.29, 1.82) is 0 Å². The maximum atomic E-state index is 5.48. The van der Waals surface area contributed by atoms with Crippen molar-refractivity contribution < 1.29 is 4.74 Å². The Balaban J connectivity index is 2.21. The van der Waals surface area contributed by atoms with Crippen molar-refractivity contribution in [3.63, 3.8) is 0 Å². The van der Waals surface area contributed by atoms with Gasteiger partial charge in [-0.1, -0.05) is 18.2 Å². The van der Waals surface area contributed by atoms with Crippen molar-refractivity contribution in [3.8, 4) is 11.6 Å². The van der Waals surface area contributed by atoms with Gasteiger partial charge < -0.3 is 4.74 Å². The summed E-state index contributed by atoms with van der Waals surface area (Å²) in [5, 5.41) is 4.32. The summed E-state index contributed by atoms with van der Waals surface area (Å²) in [6.45, 7) is 3.98. The zero-order chi connectivity index (χ0) is 10.7. The average Bonchev–Trinajstić information content (AvgIpc) is 2.67. The molecular formula is C12H14N2O. The van der Waals surface area contributed by atoms with Crippen LogP contribution in [-0.4, -0.2) is 15.9 Å². The quantitative estimate of drug-likeness (QED) is 0.765. The summed E-state index contributed by atoms with van der Waals surface area (Å²) in [4.78, 5) is 0. The number of hydrogen-bond acceptors (Lipinski definition) is 2. The van der Waals surface area contributed by atoms with Crippen LogP contribution >= 0.6 is 0 Å². The van der Waals surface area contributed by atoms with E-state index in [-0.39, 0.29) is 6.10 Å². The van der Waals surface area contributed by atoms with Crippen LogP contribution in [0.25, 0.3) is 5.69 Å². The molecule has 0 aliphatic carbocycles. The second-order valence-electron chi connectivity index (χ2n) is 3.60. The van der Waals surface area contributed by atoms with Gasteiger partial charge in [0.05, 0.1) is 11.8 Å². The van der Waals surface area contributed by atoms with Crippen LogP contribution in [0.4, 0.5) is 0 Å². The first-order chi connectivity index (χ1) is 7.25. The van der Waals surface area contributed by atoms with Gasteiger partial charge in [-0.2, -0.15) is 0 Å². The lowest BCUT2D eigenvalue weighted by atomic mass is 10.3. The van der Waals surface area contributed by atoms with E-state index in [1.807, 2.05) is 56.4 Å². The number of hydrogen-bond donors (Lipinski definition) is 0. The molecule has 1 aromatic heterocycles. The fourth-order valence-electron chi connectivity index (χ4n) is 1.34. The van der Waals surface area contributed by atoms with Crippen LogP contribution in [0.5, 0.6) is 5.88 Å². The Morgan fingerprint density at radius 3 is 2.53 bits per heavy atom. The predicted molar refractivity (Wildman–Crippen MR) is 59.3 cm³/mol. The summed E-state index contributed by atoms with van der Waals surface area (Å²) < 4.78 is 7.29. The van der Waals surface area contributed by atoms with Gasteiger partial charge in [0.2, 0.25) is 5.88 Å². The van der Waals surface area contributed by atoms with E-state index in [0.717, 1.165) is 5.69 Å². The molecule has 2 rings (SSSR count). The second-order valence-corrected chi connectivity index (χ2v) is 3.60. The standard InChI is InChI=1S/C12H14N2O/c1-10(2)15-12-8-9-14(13-12)11-6-4-3-5-7-11/h3-10H,1-2H3. The highest BCUT2D eigenvalue weighted by atomic mass is 16.5. The van der Waals surface area contributed by atoms with Crippen LogP contribution in [0.1, 0.15) is 13.8 Å². The van der Waals surface area contributed by atoms with Crippen molar-refractivity contribution in [2.45, 2.75) is 20.0 Å². The van der Waals surface area contributed by atoms with E-state index in [9.17, 15) is 0 Å². The second kappa shape index (κ2) is 4.17. The number of ether oxygens (including phenoxy) is 1. The molecule has 3 nitrogen and oxygen atoms in total. The molecule has 1 heterocycles. The van der Waals surface area contributed by atoms with Crippen LogP contribution in [0.15, 0.2) is 42.6 Å². The van der Waals surface area contributed by atoms with Gasteiger partial charge in [-0.3, -0.25) is 0 Å². The monoisotopic (exact) mass is 202 g/mol. The predicted octanol–water partition coefficient (Wildman–Crippen LogP) is 2.66. The number of benzene rings is 1. The molecule has 2 aromatic rings. The first kappa shape index (κ1) is 9.77. The largest absolute Gasteiger partial charge is 0.474 e. The maximum absolute atomic E-state index is 5.48. The highest BCUT2D eigenvalue weighted by Gasteiger charge is 2.02. The molecule has 0 saturated carbocycles. The third-order valence-electron chi connectivity index (χ3n) is 1.94. The Bertz CT molecular complexity index is 420. The van der Waals surface area contributed by atoms with Gasteiger partial charge in [-0.25, -0.2) is 4.68 Å². The zero-order valence-corrected chi connectivity index (χ0v) is 8.92. The Hall–Kier alpha value is -1.77. The van der Waals surface area contributed by atoms with E-state index >= 15 is 0 Å². The number of nitrogens with zero attached hydrogens (tertiary/aromatic N) is 2.